The predicted octanol–water partition coefficient (Wildman–Crippen LogP) is 1.31. The summed E-state index contributed by atoms with van der Waals surface area (Å²) in [6.07, 6.45) is 3.25. The lowest BCUT2D eigenvalue weighted by atomic mass is 10.0. The first-order chi connectivity index (χ1) is 12.5. The fraction of sp³-hybridized carbons (Fsp3) is 0.444. The van der Waals surface area contributed by atoms with E-state index in [1.165, 1.54) is 11.8 Å². The Morgan fingerprint density at radius 1 is 1.12 bits per heavy atom. The number of nitrogens with two attached hydrogens (primary N) is 1. The normalized spacial score (nSPS) is 19.7. The van der Waals surface area contributed by atoms with Gasteiger partial charge in [0.2, 0.25) is 11.8 Å². The number of amides is 4. The molecule has 4 amide bonds. The van der Waals surface area contributed by atoms with E-state index in [1.54, 1.807) is 12.1 Å². The van der Waals surface area contributed by atoms with Gasteiger partial charge in [-0.1, -0.05) is 12.5 Å². The number of rotatable bonds is 7. The zero-order valence-electron chi connectivity index (χ0n) is 14.3. The summed E-state index contributed by atoms with van der Waals surface area (Å²) in [5, 5.41) is 2.20. The molecule has 138 valence electrons. The van der Waals surface area contributed by atoms with Gasteiger partial charge >= 0.3 is 0 Å². The molecule has 1 fully saturated rings. The maximum Gasteiger partial charge on any atom is 0.263 e. The van der Waals surface area contributed by atoms with Gasteiger partial charge in [-0.3, -0.25) is 29.4 Å². The second-order valence-corrected chi connectivity index (χ2v) is 7.46. The summed E-state index contributed by atoms with van der Waals surface area (Å²) < 4.78 is 0. The molecule has 3 rings (SSSR count). The van der Waals surface area contributed by atoms with E-state index in [2.05, 4.69) is 5.32 Å². The van der Waals surface area contributed by atoms with Crippen LogP contribution in [0.25, 0.3) is 0 Å². The Bertz CT molecular complexity index is 765. The van der Waals surface area contributed by atoms with Crippen molar-refractivity contribution in [2.45, 2.75) is 43.0 Å². The Morgan fingerprint density at radius 3 is 2.65 bits per heavy atom. The maximum atomic E-state index is 12.9. The topological polar surface area (TPSA) is 110 Å². The van der Waals surface area contributed by atoms with Crippen LogP contribution in [0.15, 0.2) is 23.1 Å². The number of carbonyl (C=O) groups is 4. The van der Waals surface area contributed by atoms with E-state index in [0.29, 0.717) is 17.7 Å². The van der Waals surface area contributed by atoms with E-state index in [0.717, 1.165) is 34.8 Å². The summed E-state index contributed by atoms with van der Waals surface area (Å²) in [7, 11) is 0. The van der Waals surface area contributed by atoms with Gasteiger partial charge in [0.1, 0.15) is 6.04 Å². The van der Waals surface area contributed by atoms with Crippen LogP contribution in [-0.2, 0) is 9.59 Å². The molecule has 8 heteroatoms. The van der Waals surface area contributed by atoms with Crippen molar-refractivity contribution in [3.63, 3.8) is 0 Å². The summed E-state index contributed by atoms with van der Waals surface area (Å²) in [5.74, 6) is -1.06. The van der Waals surface area contributed by atoms with Crippen LogP contribution >= 0.6 is 11.8 Å². The lowest BCUT2D eigenvalue weighted by Gasteiger charge is -2.27. The minimum absolute atomic E-state index is 0.118. The fourth-order valence-electron chi connectivity index (χ4n) is 3.21. The van der Waals surface area contributed by atoms with Gasteiger partial charge in [-0.25, -0.2) is 0 Å². The molecule has 0 spiro atoms. The van der Waals surface area contributed by atoms with E-state index in [1.807, 2.05) is 6.07 Å². The van der Waals surface area contributed by atoms with Crippen molar-refractivity contribution < 1.29 is 19.2 Å². The monoisotopic (exact) mass is 375 g/mol. The number of benzene rings is 1. The molecule has 2 aliphatic heterocycles. The molecule has 2 heterocycles. The van der Waals surface area contributed by atoms with E-state index >= 15 is 0 Å². The Hall–Kier alpha value is -2.19. The molecule has 1 saturated heterocycles. The average Bonchev–Trinajstić information content (AvgIpc) is 2.87. The fourth-order valence-corrected chi connectivity index (χ4v) is 4.29. The van der Waals surface area contributed by atoms with Gasteiger partial charge in [-0.05, 0) is 43.7 Å². The summed E-state index contributed by atoms with van der Waals surface area (Å²) in [6, 6.07) is 4.26. The number of fused-ring (bicyclic) bond motifs is 1. The lowest BCUT2D eigenvalue weighted by Crippen LogP contribution is -2.54. The summed E-state index contributed by atoms with van der Waals surface area (Å²) in [6.45, 7) is 0.666. The molecule has 2 aliphatic rings. The number of hydrogen-bond acceptors (Lipinski definition) is 6. The minimum atomic E-state index is -0.928. The second-order valence-electron chi connectivity index (χ2n) is 6.32. The first-order valence-electron chi connectivity index (χ1n) is 8.72. The van der Waals surface area contributed by atoms with E-state index in [-0.39, 0.29) is 18.7 Å². The Morgan fingerprint density at radius 2 is 1.92 bits per heavy atom. The van der Waals surface area contributed by atoms with Gasteiger partial charge in [-0.2, -0.15) is 0 Å². The van der Waals surface area contributed by atoms with Gasteiger partial charge in [0.15, 0.2) is 0 Å². The Kier molecular flexibility index (Phi) is 5.73. The highest BCUT2D eigenvalue weighted by Gasteiger charge is 2.45. The van der Waals surface area contributed by atoms with Gasteiger partial charge in [0.25, 0.3) is 11.8 Å². The number of hydrogen-bond donors (Lipinski definition) is 2. The van der Waals surface area contributed by atoms with E-state index < -0.39 is 23.8 Å². The third-order valence-electron chi connectivity index (χ3n) is 4.54. The molecule has 0 aromatic heterocycles. The molecule has 0 aliphatic carbocycles. The molecule has 0 saturated carbocycles. The van der Waals surface area contributed by atoms with Crippen molar-refractivity contribution in [2.75, 3.05) is 12.3 Å². The van der Waals surface area contributed by atoms with Gasteiger partial charge in [-0.15, -0.1) is 11.8 Å². The standard InChI is InChI=1S/C18H21N3O4S/c19-9-2-1-3-10-26-13-6-4-5-11-15(13)18(25)21(17(11)24)12-7-8-14(22)20-16(12)23/h4-6,12H,1-3,7-10,19H2,(H,20,22,23). The summed E-state index contributed by atoms with van der Waals surface area (Å²) >= 11 is 1.54. The van der Waals surface area contributed by atoms with Gasteiger partial charge in [0, 0.05) is 11.3 Å². The molecule has 0 radical (unpaired) electrons. The SMILES string of the molecule is NCCCCCSc1cccc2c1C(=O)N(C1CCC(=O)NC1=O)C2=O. The molecule has 3 N–H and O–H groups in total. The molecular formula is C18H21N3O4S. The number of thioether (sulfide) groups is 1. The van der Waals surface area contributed by atoms with Crippen LogP contribution in [0, 0.1) is 0 Å². The van der Waals surface area contributed by atoms with Crippen molar-refractivity contribution in [3.8, 4) is 0 Å². The zero-order chi connectivity index (χ0) is 18.7. The number of carbonyl (C=O) groups excluding carboxylic acids is 4. The smallest absolute Gasteiger partial charge is 0.263 e. The Balaban J connectivity index is 1.78. The number of nitrogens with one attached hydrogen (secondary N) is 1. The van der Waals surface area contributed by atoms with Crippen molar-refractivity contribution in [2.24, 2.45) is 5.73 Å². The summed E-state index contributed by atoms with van der Waals surface area (Å²) in [4.78, 5) is 50.8. The quantitative estimate of drug-likeness (QED) is 0.422. The Labute approximate surface area is 155 Å². The minimum Gasteiger partial charge on any atom is -0.330 e. The second kappa shape index (κ2) is 8.01. The van der Waals surface area contributed by atoms with Crippen LogP contribution < -0.4 is 11.1 Å². The molecule has 0 bridgehead atoms. The van der Waals surface area contributed by atoms with Crippen LogP contribution in [0.4, 0.5) is 0 Å². The first-order valence-corrected chi connectivity index (χ1v) is 9.70. The lowest BCUT2D eigenvalue weighted by molar-refractivity contribution is -0.136. The average molecular weight is 375 g/mol. The molecule has 1 aromatic rings. The number of piperidine rings is 1. The van der Waals surface area contributed by atoms with Crippen LogP contribution in [-0.4, -0.2) is 46.9 Å². The van der Waals surface area contributed by atoms with E-state index in [4.69, 9.17) is 5.73 Å². The van der Waals surface area contributed by atoms with Crippen molar-refractivity contribution in [1.82, 2.24) is 10.2 Å². The highest BCUT2D eigenvalue weighted by Crippen LogP contribution is 2.34. The zero-order valence-corrected chi connectivity index (χ0v) is 15.1. The van der Waals surface area contributed by atoms with Crippen molar-refractivity contribution in [1.29, 1.82) is 0 Å². The van der Waals surface area contributed by atoms with Crippen LogP contribution in [0.1, 0.15) is 52.8 Å². The first kappa shape index (κ1) is 18.6. The molecule has 1 aromatic carbocycles. The van der Waals surface area contributed by atoms with Gasteiger partial charge < -0.3 is 5.73 Å². The number of unbranched alkanes of at least 4 members (excludes halogenated alkanes) is 2. The third-order valence-corrected chi connectivity index (χ3v) is 5.68. The third kappa shape index (κ3) is 3.52. The van der Waals surface area contributed by atoms with Crippen LogP contribution in [0.3, 0.4) is 0 Å². The number of nitrogens with zero attached hydrogens (tertiary/aromatic N) is 1. The van der Waals surface area contributed by atoms with Gasteiger partial charge in [0.05, 0.1) is 11.1 Å². The molecule has 1 unspecified atom stereocenters. The largest absolute Gasteiger partial charge is 0.330 e. The number of imide groups is 2. The van der Waals surface area contributed by atoms with E-state index in [9.17, 15) is 19.2 Å². The highest BCUT2D eigenvalue weighted by atomic mass is 32.2. The molecule has 26 heavy (non-hydrogen) atoms. The van der Waals surface area contributed by atoms with Crippen molar-refractivity contribution in [3.05, 3.63) is 29.3 Å². The van der Waals surface area contributed by atoms with Crippen LogP contribution in [0.2, 0.25) is 0 Å². The molecule has 7 nitrogen and oxygen atoms in total. The molecule has 1 atom stereocenters. The van der Waals surface area contributed by atoms with Crippen molar-refractivity contribution >= 4 is 35.4 Å². The highest BCUT2D eigenvalue weighted by molar-refractivity contribution is 7.99. The molecular weight excluding hydrogens is 354 g/mol. The van der Waals surface area contributed by atoms with Crippen LogP contribution in [0.5, 0.6) is 0 Å². The summed E-state index contributed by atoms with van der Waals surface area (Å²) in [5.41, 5.74) is 6.18. The maximum absolute atomic E-state index is 12.9. The predicted molar refractivity (Wildman–Crippen MR) is 96.7 cm³/mol.